The monoisotopic (exact) mass is 641 g/mol. The van der Waals surface area contributed by atoms with E-state index in [9.17, 15) is 9.59 Å². The van der Waals surface area contributed by atoms with Gasteiger partial charge in [-0.15, -0.1) is 0 Å². The number of hydrogen-bond donors (Lipinski definition) is 1. The summed E-state index contributed by atoms with van der Waals surface area (Å²) in [5, 5.41) is 0. The molecule has 0 unspecified atom stereocenters. The summed E-state index contributed by atoms with van der Waals surface area (Å²) in [6.07, 6.45) is 2.39. The predicted octanol–water partition coefficient (Wildman–Crippen LogP) is 4.88. The van der Waals surface area contributed by atoms with E-state index in [0.717, 1.165) is 11.1 Å². The zero-order chi connectivity index (χ0) is 30.1. The molecule has 238 valence electrons. The predicted molar refractivity (Wildman–Crippen MR) is 181 cm³/mol. The Kier molecular flexibility index (Phi) is 14.5. The Labute approximate surface area is 273 Å². The molecule has 2 heterocycles. The number of rotatable bonds is 13. The SMILES string of the molecule is COC(=O)[C@H](COCc1ccccc1)N(C)C(=O)CC[C@@H](C(C)C)N1Cc2cc(Oc3ccccc3)ncc2N=C1N.S.S. The van der Waals surface area contributed by atoms with Crippen molar-refractivity contribution in [2.24, 2.45) is 16.6 Å². The molecule has 12 heteroatoms. The number of nitrogens with zero attached hydrogens (tertiary/aromatic N) is 4. The molecular formula is C32H43N5O5S2. The van der Waals surface area contributed by atoms with Crippen molar-refractivity contribution < 1.29 is 23.8 Å². The first kappa shape index (κ1) is 36.5. The number of hydrogen-bond acceptors (Lipinski definition) is 9. The number of para-hydroxylation sites is 1. The van der Waals surface area contributed by atoms with Crippen LogP contribution in [0.25, 0.3) is 0 Å². The number of likely N-dealkylation sites (N-methyl/N-ethyl adjacent to an activating group) is 1. The van der Waals surface area contributed by atoms with Crippen LogP contribution in [-0.4, -0.2) is 65.5 Å². The van der Waals surface area contributed by atoms with Gasteiger partial charge in [0.15, 0.2) is 12.0 Å². The van der Waals surface area contributed by atoms with E-state index >= 15 is 0 Å². The van der Waals surface area contributed by atoms with Crippen molar-refractivity contribution in [3.05, 3.63) is 84.1 Å². The number of amides is 1. The summed E-state index contributed by atoms with van der Waals surface area (Å²) in [7, 11) is 2.91. The second-order valence-corrected chi connectivity index (χ2v) is 10.6. The fourth-order valence-electron chi connectivity index (χ4n) is 4.91. The van der Waals surface area contributed by atoms with Gasteiger partial charge in [-0.1, -0.05) is 62.4 Å². The van der Waals surface area contributed by atoms with Crippen molar-refractivity contribution >= 4 is 50.5 Å². The second kappa shape index (κ2) is 17.5. The maximum absolute atomic E-state index is 13.3. The van der Waals surface area contributed by atoms with Gasteiger partial charge in [0.2, 0.25) is 11.8 Å². The van der Waals surface area contributed by atoms with Crippen molar-refractivity contribution in [1.29, 1.82) is 0 Å². The third kappa shape index (κ3) is 9.63. The van der Waals surface area contributed by atoms with Gasteiger partial charge >= 0.3 is 5.97 Å². The number of ether oxygens (including phenoxy) is 3. The molecule has 1 aliphatic heterocycles. The van der Waals surface area contributed by atoms with Crippen molar-refractivity contribution in [3.63, 3.8) is 0 Å². The quantitative estimate of drug-likeness (QED) is 0.262. The fraction of sp³-hybridized carbons (Fsp3) is 0.375. The first-order chi connectivity index (χ1) is 20.3. The molecule has 2 N–H and O–H groups in total. The van der Waals surface area contributed by atoms with E-state index in [0.29, 0.717) is 42.8 Å². The summed E-state index contributed by atoms with van der Waals surface area (Å²) < 4.78 is 16.7. The molecule has 0 spiro atoms. The minimum atomic E-state index is -0.854. The maximum atomic E-state index is 13.3. The van der Waals surface area contributed by atoms with Crippen LogP contribution >= 0.6 is 27.0 Å². The van der Waals surface area contributed by atoms with Gasteiger partial charge in [-0.25, -0.2) is 14.8 Å². The molecule has 0 aliphatic carbocycles. The summed E-state index contributed by atoms with van der Waals surface area (Å²) in [5.41, 5.74) is 9.02. The topological polar surface area (TPSA) is 120 Å². The van der Waals surface area contributed by atoms with Crippen LogP contribution in [0.15, 0.2) is 77.9 Å². The van der Waals surface area contributed by atoms with Crippen LogP contribution in [0.1, 0.15) is 37.8 Å². The molecule has 0 saturated heterocycles. The lowest BCUT2D eigenvalue weighted by Crippen LogP contribution is -2.49. The van der Waals surface area contributed by atoms with Gasteiger partial charge in [0.05, 0.1) is 32.2 Å². The third-order valence-electron chi connectivity index (χ3n) is 7.32. The van der Waals surface area contributed by atoms with Crippen molar-refractivity contribution in [2.75, 3.05) is 20.8 Å². The van der Waals surface area contributed by atoms with Crippen LogP contribution in [0.2, 0.25) is 0 Å². The lowest BCUT2D eigenvalue weighted by molar-refractivity contribution is -0.154. The molecule has 44 heavy (non-hydrogen) atoms. The number of methoxy groups -OCH3 is 1. The number of esters is 1. The molecule has 0 fully saturated rings. The highest BCUT2D eigenvalue weighted by molar-refractivity contribution is 7.59. The molecule has 10 nitrogen and oxygen atoms in total. The molecule has 0 saturated carbocycles. The van der Waals surface area contributed by atoms with E-state index in [4.69, 9.17) is 19.9 Å². The number of aromatic nitrogens is 1. The van der Waals surface area contributed by atoms with Crippen LogP contribution in [0.3, 0.4) is 0 Å². The summed E-state index contributed by atoms with van der Waals surface area (Å²) in [4.78, 5) is 38.3. The lowest BCUT2D eigenvalue weighted by atomic mass is 9.96. The number of benzene rings is 2. The highest BCUT2D eigenvalue weighted by Crippen LogP contribution is 2.32. The number of nitrogens with two attached hydrogens (primary N) is 1. The Bertz CT molecular complexity index is 1380. The Balaban J connectivity index is 0.00000337. The molecule has 2 aromatic carbocycles. The summed E-state index contributed by atoms with van der Waals surface area (Å²) >= 11 is 0. The van der Waals surface area contributed by atoms with E-state index in [2.05, 4.69) is 23.8 Å². The Hall–Kier alpha value is -3.74. The van der Waals surface area contributed by atoms with Crippen LogP contribution < -0.4 is 10.5 Å². The first-order valence-corrected chi connectivity index (χ1v) is 14.0. The summed E-state index contributed by atoms with van der Waals surface area (Å²) in [5.74, 6) is 1.00. The Morgan fingerprint density at radius 2 is 1.70 bits per heavy atom. The van der Waals surface area contributed by atoms with Gasteiger partial charge in [0, 0.05) is 37.7 Å². The molecule has 3 aromatic rings. The molecule has 0 radical (unpaired) electrons. The summed E-state index contributed by atoms with van der Waals surface area (Å²) in [6, 6.07) is 20.1. The van der Waals surface area contributed by atoms with Crippen molar-refractivity contribution in [3.8, 4) is 11.6 Å². The highest BCUT2D eigenvalue weighted by atomic mass is 32.1. The maximum Gasteiger partial charge on any atom is 0.330 e. The zero-order valence-corrected chi connectivity index (χ0v) is 27.6. The zero-order valence-electron chi connectivity index (χ0n) is 25.6. The number of carbonyl (C=O) groups excluding carboxylic acids is 2. The fourth-order valence-corrected chi connectivity index (χ4v) is 4.91. The Morgan fingerprint density at radius 3 is 2.34 bits per heavy atom. The Morgan fingerprint density at radius 1 is 1.05 bits per heavy atom. The van der Waals surface area contributed by atoms with E-state index in [1.165, 1.54) is 12.0 Å². The van der Waals surface area contributed by atoms with Crippen LogP contribution in [0.4, 0.5) is 5.69 Å². The van der Waals surface area contributed by atoms with Crippen LogP contribution in [0.5, 0.6) is 11.6 Å². The van der Waals surface area contributed by atoms with Gasteiger partial charge in [0.25, 0.3) is 0 Å². The second-order valence-electron chi connectivity index (χ2n) is 10.6. The average Bonchev–Trinajstić information content (AvgIpc) is 3.00. The minimum Gasteiger partial charge on any atom is -0.467 e. The molecular weight excluding hydrogens is 599 g/mol. The van der Waals surface area contributed by atoms with Crippen molar-refractivity contribution in [2.45, 2.75) is 51.9 Å². The largest absolute Gasteiger partial charge is 0.467 e. The first-order valence-electron chi connectivity index (χ1n) is 14.0. The van der Waals surface area contributed by atoms with Crippen molar-refractivity contribution in [1.82, 2.24) is 14.8 Å². The smallest absolute Gasteiger partial charge is 0.330 e. The van der Waals surface area contributed by atoms with E-state index < -0.39 is 12.0 Å². The van der Waals surface area contributed by atoms with Gasteiger partial charge in [-0.2, -0.15) is 27.0 Å². The number of fused-ring (bicyclic) bond motifs is 1. The molecule has 1 aromatic heterocycles. The van der Waals surface area contributed by atoms with Gasteiger partial charge in [0.1, 0.15) is 5.75 Å². The molecule has 1 aliphatic rings. The lowest BCUT2D eigenvalue weighted by Gasteiger charge is -2.38. The van der Waals surface area contributed by atoms with Crippen LogP contribution in [0, 0.1) is 5.92 Å². The molecule has 1 amide bonds. The summed E-state index contributed by atoms with van der Waals surface area (Å²) in [6.45, 7) is 5.04. The third-order valence-corrected chi connectivity index (χ3v) is 7.32. The van der Waals surface area contributed by atoms with Gasteiger partial charge < -0.3 is 29.7 Å². The normalized spacial score (nSPS) is 13.4. The van der Waals surface area contributed by atoms with Gasteiger partial charge in [-0.3, -0.25) is 4.79 Å². The van der Waals surface area contributed by atoms with Crippen LogP contribution in [-0.2, 0) is 32.2 Å². The molecule has 4 rings (SSSR count). The number of guanidine groups is 1. The molecule has 2 atom stereocenters. The van der Waals surface area contributed by atoms with E-state index in [-0.39, 0.29) is 57.9 Å². The molecule has 0 bridgehead atoms. The number of aliphatic imine (C=N–C) groups is 1. The highest BCUT2D eigenvalue weighted by Gasteiger charge is 2.31. The number of pyridine rings is 1. The minimum absolute atomic E-state index is 0. The van der Waals surface area contributed by atoms with Gasteiger partial charge in [-0.05, 0) is 30.0 Å². The van der Waals surface area contributed by atoms with E-state index in [1.807, 2.05) is 71.6 Å². The standard InChI is InChI=1S/C32H39N5O5.2H2S/c1-22(2)27(15-16-30(38)36(3)28(31(39)40-4)21-41-20-23-11-7-5-8-12-23)37-19-24-17-29(34-18-26(24)35-32(37)33)42-25-13-9-6-10-14-25;;/h5-14,17-18,22,27-28H,15-16,19-21H2,1-4H3,(H2,33,35);2*1H2/t27-,28-;;/m0../s1. The number of carbonyl (C=O) groups is 2. The average molecular weight is 642 g/mol. The van der Waals surface area contributed by atoms with E-state index in [1.54, 1.807) is 13.2 Å².